The molecule has 0 aliphatic carbocycles. The summed E-state index contributed by atoms with van der Waals surface area (Å²) in [5.41, 5.74) is 0.846. The van der Waals surface area contributed by atoms with E-state index in [1.165, 1.54) is 12.1 Å². The van der Waals surface area contributed by atoms with Crippen molar-refractivity contribution in [2.24, 2.45) is 5.92 Å². The average Bonchev–Trinajstić information content (AvgIpc) is 2.23. The summed E-state index contributed by atoms with van der Waals surface area (Å²) in [4.78, 5) is 12.1. The molecular weight excluding hydrogens is 247 g/mol. The standard InChI is InChI=1S/C12H12ClFOS/c1-6(2)12-11(15)10-7(5-16-12)8(13)3-4-9(10)14/h3-4,6,12H,5H2,1-2H3. The van der Waals surface area contributed by atoms with Gasteiger partial charge in [0.15, 0.2) is 5.78 Å². The molecule has 0 bridgehead atoms. The van der Waals surface area contributed by atoms with E-state index in [-0.39, 0.29) is 22.5 Å². The Balaban J connectivity index is 2.52. The Morgan fingerprint density at radius 2 is 2.19 bits per heavy atom. The van der Waals surface area contributed by atoms with Crippen molar-refractivity contribution in [1.29, 1.82) is 0 Å². The molecule has 1 heterocycles. The van der Waals surface area contributed by atoms with E-state index in [1.54, 1.807) is 11.8 Å². The molecule has 16 heavy (non-hydrogen) atoms. The quantitative estimate of drug-likeness (QED) is 0.759. The maximum absolute atomic E-state index is 13.6. The van der Waals surface area contributed by atoms with Crippen LogP contribution in [0.25, 0.3) is 0 Å². The van der Waals surface area contributed by atoms with Crippen molar-refractivity contribution in [3.63, 3.8) is 0 Å². The van der Waals surface area contributed by atoms with Gasteiger partial charge < -0.3 is 0 Å². The molecular formula is C12H12ClFOS. The van der Waals surface area contributed by atoms with Gasteiger partial charge >= 0.3 is 0 Å². The van der Waals surface area contributed by atoms with Gasteiger partial charge in [-0.2, -0.15) is 0 Å². The van der Waals surface area contributed by atoms with Crippen molar-refractivity contribution < 1.29 is 9.18 Å². The smallest absolute Gasteiger partial charge is 0.179 e. The second-order valence-corrected chi connectivity index (χ2v) is 5.76. The summed E-state index contributed by atoms with van der Waals surface area (Å²) in [7, 11) is 0. The fraction of sp³-hybridized carbons (Fsp3) is 0.417. The Hall–Kier alpha value is -0.540. The SMILES string of the molecule is CC(C)C1SCc2c(Cl)ccc(F)c2C1=O. The third kappa shape index (κ3) is 1.87. The number of halogens is 2. The van der Waals surface area contributed by atoms with Crippen LogP contribution in [0.4, 0.5) is 4.39 Å². The van der Waals surface area contributed by atoms with Gasteiger partial charge in [0, 0.05) is 10.8 Å². The Morgan fingerprint density at radius 1 is 1.50 bits per heavy atom. The Bertz CT molecular complexity index is 445. The number of carbonyl (C=O) groups excluding carboxylic acids is 1. The minimum absolute atomic E-state index is 0.124. The lowest BCUT2D eigenvalue weighted by Crippen LogP contribution is -2.29. The predicted octanol–water partition coefficient (Wildman–Crippen LogP) is 3.93. The number of carbonyl (C=O) groups is 1. The second kappa shape index (κ2) is 4.38. The third-order valence-corrected chi connectivity index (χ3v) is 4.65. The van der Waals surface area contributed by atoms with Crippen molar-refractivity contribution in [3.8, 4) is 0 Å². The lowest BCUT2D eigenvalue weighted by Gasteiger charge is -2.26. The first-order chi connectivity index (χ1) is 7.52. The highest BCUT2D eigenvalue weighted by molar-refractivity contribution is 8.00. The van der Waals surface area contributed by atoms with E-state index in [9.17, 15) is 9.18 Å². The highest BCUT2D eigenvalue weighted by Gasteiger charge is 2.33. The number of thioether (sulfide) groups is 1. The molecule has 0 N–H and O–H groups in total. The van der Waals surface area contributed by atoms with Crippen LogP contribution in [-0.4, -0.2) is 11.0 Å². The molecule has 1 nitrogen and oxygen atoms in total. The minimum atomic E-state index is -0.449. The summed E-state index contributed by atoms with van der Waals surface area (Å²) in [6.07, 6.45) is 0. The van der Waals surface area contributed by atoms with E-state index < -0.39 is 5.82 Å². The Morgan fingerprint density at radius 3 is 2.81 bits per heavy atom. The third-order valence-electron chi connectivity index (χ3n) is 2.72. The molecule has 1 aromatic rings. The largest absolute Gasteiger partial charge is 0.293 e. The molecule has 1 unspecified atom stereocenters. The highest BCUT2D eigenvalue weighted by atomic mass is 35.5. The van der Waals surface area contributed by atoms with Crippen LogP contribution in [0.3, 0.4) is 0 Å². The van der Waals surface area contributed by atoms with Gasteiger partial charge in [-0.3, -0.25) is 4.79 Å². The van der Waals surface area contributed by atoms with Crippen molar-refractivity contribution in [1.82, 2.24) is 0 Å². The lowest BCUT2D eigenvalue weighted by molar-refractivity contribution is 0.0969. The fourth-order valence-electron chi connectivity index (χ4n) is 1.89. The minimum Gasteiger partial charge on any atom is -0.293 e. The molecule has 86 valence electrons. The van der Waals surface area contributed by atoms with Crippen LogP contribution < -0.4 is 0 Å². The number of rotatable bonds is 1. The molecule has 0 saturated carbocycles. The van der Waals surface area contributed by atoms with Crippen LogP contribution in [0, 0.1) is 11.7 Å². The first-order valence-electron chi connectivity index (χ1n) is 5.15. The topological polar surface area (TPSA) is 17.1 Å². The monoisotopic (exact) mass is 258 g/mol. The molecule has 0 aromatic heterocycles. The van der Waals surface area contributed by atoms with E-state index >= 15 is 0 Å². The number of hydrogen-bond acceptors (Lipinski definition) is 2. The molecule has 1 aliphatic rings. The molecule has 0 fully saturated rings. The number of Topliss-reactive ketones (excluding diaryl/α,β-unsaturated/α-hetero) is 1. The maximum Gasteiger partial charge on any atom is 0.179 e. The zero-order valence-corrected chi connectivity index (χ0v) is 10.7. The molecule has 1 atom stereocenters. The molecule has 2 rings (SSSR count). The van der Waals surface area contributed by atoms with Crippen molar-refractivity contribution in [3.05, 3.63) is 34.1 Å². The van der Waals surface area contributed by atoms with Crippen LogP contribution in [0.15, 0.2) is 12.1 Å². The molecule has 4 heteroatoms. The van der Waals surface area contributed by atoms with Crippen molar-refractivity contribution in [2.45, 2.75) is 24.9 Å². The summed E-state index contributed by atoms with van der Waals surface area (Å²) < 4.78 is 13.6. The maximum atomic E-state index is 13.6. The predicted molar refractivity (Wildman–Crippen MR) is 65.7 cm³/mol. The van der Waals surface area contributed by atoms with E-state index in [1.807, 2.05) is 13.8 Å². The van der Waals surface area contributed by atoms with Crippen molar-refractivity contribution >= 4 is 29.1 Å². The van der Waals surface area contributed by atoms with Gasteiger partial charge in [-0.05, 0) is 23.6 Å². The van der Waals surface area contributed by atoms with Crippen LogP contribution in [0.1, 0.15) is 29.8 Å². The van der Waals surface area contributed by atoms with Gasteiger partial charge in [-0.15, -0.1) is 11.8 Å². The molecule has 0 amide bonds. The van der Waals surface area contributed by atoms with Gasteiger partial charge in [0.2, 0.25) is 0 Å². The van der Waals surface area contributed by atoms with Gasteiger partial charge in [0.05, 0.1) is 10.8 Å². The fourth-order valence-corrected chi connectivity index (χ4v) is 3.49. The molecule has 0 spiro atoms. The zero-order chi connectivity index (χ0) is 11.9. The Labute approximate surface area is 103 Å². The molecule has 1 aliphatic heterocycles. The number of ketones is 1. The normalized spacial score (nSPS) is 20.1. The van der Waals surface area contributed by atoms with E-state index in [0.717, 1.165) is 0 Å². The molecule has 0 radical (unpaired) electrons. The summed E-state index contributed by atoms with van der Waals surface area (Å²) in [6, 6.07) is 2.78. The first-order valence-corrected chi connectivity index (χ1v) is 6.57. The van der Waals surface area contributed by atoms with Crippen LogP contribution in [0.2, 0.25) is 5.02 Å². The molecule has 0 saturated heterocycles. The van der Waals surface area contributed by atoms with E-state index in [2.05, 4.69) is 0 Å². The first kappa shape index (κ1) is 11.9. The van der Waals surface area contributed by atoms with Gasteiger partial charge in [0.25, 0.3) is 0 Å². The molecule has 1 aromatic carbocycles. The summed E-state index contributed by atoms with van der Waals surface area (Å²) in [6.45, 7) is 3.95. The Kier molecular flexibility index (Phi) is 3.27. The lowest BCUT2D eigenvalue weighted by atomic mass is 9.96. The van der Waals surface area contributed by atoms with Gasteiger partial charge in [-0.1, -0.05) is 25.4 Å². The number of benzene rings is 1. The van der Waals surface area contributed by atoms with E-state index in [4.69, 9.17) is 11.6 Å². The van der Waals surface area contributed by atoms with Crippen molar-refractivity contribution in [2.75, 3.05) is 0 Å². The highest BCUT2D eigenvalue weighted by Crippen LogP contribution is 2.38. The zero-order valence-electron chi connectivity index (χ0n) is 9.09. The summed E-state index contributed by atoms with van der Waals surface area (Å²) in [5, 5.41) is 0.333. The summed E-state index contributed by atoms with van der Waals surface area (Å²) >= 11 is 7.52. The van der Waals surface area contributed by atoms with Gasteiger partial charge in [-0.25, -0.2) is 4.39 Å². The number of fused-ring (bicyclic) bond motifs is 1. The van der Waals surface area contributed by atoms with Crippen LogP contribution in [-0.2, 0) is 5.75 Å². The van der Waals surface area contributed by atoms with Crippen LogP contribution in [0.5, 0.6) is 0 Å². The van der Waals surface area contributed by atoms with Gasteiger partial charge in [0.1, 0.15) is 5.82 Å². The second-order valence-electron chi connectivity index (χ2n) is 4.22. The van der Waals surface area contributed by atoms with E-state index in [0.29, 0.717) is 16.3 Å². The number of hydrogen-bond donors (Lipinski definition) is 0. The van der Waals surface area contributed by atoms with Crippen LogP contribution >= 0.6 is 23.4 Å². The summed E-state index contributed by atoms with van der Waals surface area (Å²) in [5.74, 6) is 0.251. The average molecular weight is 259 g/mol.